The van der Waals surface area contributed by atoms with E-state index >= 15 is 0 Å². The number of nitrogens with zero attached hydrogens (tertiary/aromatic N) is 10. The van der Waals surface area contributed by atoms with E-state index in [1.807, 2.05) is 158 Å². The number of benzene rings is 4. The predicted octanol–water partition coefficient (Wildman–Crippen LogP) is 10.2. The molecule has 0 aliphatic heterocycles. The number of ether oxygens (including phenoxy) is 4. The SMILES string of the molecule is COC(=O)/C(C=Nc1cc2ccccc2cc1N=C/C(C(=O)OC)=C(/C)[O-])=C(\C)[O-].COC(=O)/C(C=Nc1cc2ccccc2cc1N=C/C(C(=O)OC)=C(/C)[O-])=C(\C)[O-].[Fe+2].[Fe+2].c1ccncc1.c1ccncc1.c1ccncc1.c1ccncc1.c1ccncc1.c1ccncc1. The summed E-state index contributed by atoms with van der Waals surface area (Å²) in [5, 5.41) is 50.2. The van der Waals surface area contributed by atoms with E-state index in [-0.39, 0.29) is 56.4 Å². The molecule has 0 fully saturated rings. The van der Waals surface area contributed by atoms with Gasteiger partial charge in [0.05, 0.1) is 73.5 Å². The normalized spacial score (nSPS) is 11.1. The average molecular weight is 1400 g/mol. The number of hydrogen-bond acceptors (Lipinski definition) is 22. The van der Waals surface area contributed by atoms with Gasteiger partial charge in [0.2, 0.25) is 0 Å². The number of esters is 4. The number of carbonyl (C=O) groups excluding carboxylic acids is 4. The molecule has 0 aliphatic rings. The minimum absolute atomic E-state index is 0. The minimum atomic E-state index is -0.810. The van der Waals surface area contributed by atoms with Crippen molar-refractivity contribution in [3.05, 3.63) is 302 Å². The second-order valence-electron chi connectivity index (χ2n) is 18.4. The third-order valence-electron chi connectivity index (χ3n) is 11.6. The summed E-state index contributed by atoms with van der Waals surface area (Å²) in [4.78, 5) is 86.7. The number of carbonyl (C=O) groups is 4. The van der Waals surface area contributed by atoms with E-state index in [2.05, 4.69) is 68.8 Å². The first kappa shape index (κ1) is 84.1. The van der Waals surface area contributed by atoms with Crippen LogP contribution in [0.1, 0.15) is 27.7 Å². The number of aliphatic imine (C=N–C) groups is 4. The molecule has 0 bridgehead atoms. The van der Waals surface area contributed by atoms with Gasteiger partial charge in [0, 0.05) is 99.2 Å². The standard InChI is InChI=1S/2C22H22N2O6.6C5H5N.2Fe/c2*1-13(25)17(21(27)29-3)11-23-19-9-15-7-5-6-8-16(15)10-20(19)24-12-18(14(2)26)22(28)30-4;6*1-2-4-6-5-3-1;;/h2*5-12,25-26H,1-4H3;6*1-5H;;/q;;;;;;;;2*+2/p-4/b2*17-13+,18-14+,23-11?,24-12?;;;;;;;;. The van der Waals surface area contributed by atoms with E-state index in [1.54, 1.807) is 98.6 Å². The third kappa shape index (κ3) is 34.3. The summed E-state index contributed by atoms with van der Waals surface area (Å²) < 4.78 is 18.4. The smallest absolute Gasteiger partial charge is 0.875 e. The van der Waals surface area contributed by atoms with Crippen molar-refractivity contribution in [2.75, 3.05) is 28.4 Å². The number of fused-ring (bicyclic) bond motifs is 2. The summed E-state index contributed by atoms with van der Waals surface area (Å²) in [6.07, 6.45) is 25.4. The van der Waals surface area contributed by atoms with Crippen LogP contribution >= 0.6 is 0 Å². The van der Waals surface area contributed by atoms with Gasteiger partial charge in [-0.2, -0.15) is 0 Å². The Morgan fingerprint density at radius 3 is 0.541 bits per heavy atom. The van der Waals surface area contributed by atoms with Gasteiger partial charge in [-0.1, -0.05) is 113 Å². The summed E-state index contributed by atoms with van der Waals surface area (Å²) in [6.45, 7) is 4.90. The van der Waals surface area contributed by atoms with Crippen molar-refractivity contribution >= 4 is 93.0 Å². The fraction of sp³-hybridized carbons (Fsp3) is 0.108. The van der Waals surface area contributed by atoms with Crippen LogP contribution in [-0.4, -0.2) is 107 Å². The van der Waals surface area contributed by atoms with Crippen LogP contribution in [0.3, 0.4) is 0 Å². The van der Waals surface area contributed by atoms with Crippen LogP contribution in [0.4, 0.5) is 22.7 Å². The number of aromatic nitrogens is 6. The molecule has 6 heterocycles. The molecule has 22 nitrogen and oxygen atoms in total. The van der Waals surface area contributed by atoms with Crippen LogP contribution in [0.2, 0.25) is 0 Å². The van der Waals surface area contributed by atoms with Crippen LogP contribution in [-0.2, 0) is 72.3 Å². The molecule has 504 valence electrons. The molecule has 10 rings (SSSR count). The number of rotatable bonds is 12. The largest absolute Gasteiger partial charge is 2.00 e. The van der Waals surface area contributed by atoms with E-state index in [0.717, 1.165) is 74.8 Å². The van der Waals surface area contributed by atoms with Gasteiger partial charge >= 0.3 is 58.0 Å². The maximum atomic E-state index is 11.8. The first-order valence-corrected chi connectivity index (χ1v) is 28.7. The van der Waals surface area contributed by atoms with E-state index in [0.29, 0.717) is 22.7 Å². The molecule has 4 aromatic carbocycles. The van der Waals surface area contributed by atoms with E-state index in [1.165, 1.54) is 27.7 Å². The first-order valence-electron chi connectivity index (χ1n) is 28.7. The topological polar surface area (TPSA) is 324 Å². The van der Waals surface area contributed by atoms with Gasteiger partial charge in [0.25, 0.3) is 0 Å². The number of pyridine rings is 6. The molecule has 0 saturated carbocycles. The van der Waals surface area contributed by atoms with Gasteiger partial charge in [-0.25, -0.2) is 19.2 Å². The molecule has 0 aliphatic carbocycles. The van der Waals surface area contributed by atoms with Crippen LogP contribution in [0.25, 0.3) is 21.5 Å². The quantitative estimate of drug-likeness (QED) is 0.0274. The summed E-state index contributed by atoms with van der Waals surface area (Å²) in [6, 6.07) is 55.9. The fourth-order valence-electron chi connectivity index (χ4n) is 6.85. The second kappa shape index (κ2) is 51.5. The van der Waals surface area contributed by atoms with Crippen molar-refractivity contribution in [1.82, 2.24) is 29.9 Å². The summed E-state index contributed by atoms with van der Waals surface area (Å²) in [7, 11) is 4.65. The van der Waals surface area contributed by atoms with Crippen molar-refractivity contribution in [3.8, 4) is 0 Å². The first-order chi connectivity index (χ1) is 46.6. The van der Waals surface area contributed by atoms with Crippen molar-refractivity contribution in [3.63, 3.8) is 0 Å². The number of methoxy groups -OCH3 is 4. The zero-order valence-electron chi connectivity index (χ0n) is 54.6. The molecule has 0 spiro atoms. The van der Waals surface area contributed by atoms with Gasteiger partial charge in [-0.3, -0.25) is 49.9 Å². The van der Waals surface area contributed by atoms with Crippen molar-refractivity contribution in [2.24, 2.45) is 20.0 Å². The molecule has 0 radical (unpaired) electrons. The third-order valence-corrected chi connectivity index (χ3v) is 11.6. The Kier molecular flexibility index (Phi) is 44.2. The van der Waals surface area contributed by atoms with Gasteiger partial charge < -0.3 is 39.4 Å². The zero-order valence-corrected chi connectivity index (χ0v) is 56.8. The number of allylic oxidation sites excluding steroid dienone is 4. The average Bonchev–Trinajstić information content (AvgIpc) is 0.832. The minimum Gasteiger partial charge on any atom is -0.875 e. The van der Waals surface area contributed by atoms with Crippen molar-refractivity contribution in [1.29, 1.82) is 0 Å². The number of hydrogen-bond donors (Lipinski definition) is 0. The Morgan fingerprint density at radius 2 is 0.439 bits per heavy atom. The molecule has 0 saturated heterocycles. The molecular weight excluding hydrogens is 1330 g/mol. The zero-order chi connectivity index (χ0) is 70.0. The Morgan fingerprint density at radius 1 is 0.286 bits per heavy atom. The molecule has 10 aromatic rings. The van der Waals surface area contributed by atoms with Gasteiger partial charge in [0.15, 0.2) is 0 Å². The Bertz CT molecular complexity index is 3410. The summed E-state index contributed by atoms with van der Waals surface area (Å²) in [5.74, 6) is -5.26. The Labute approximate surface area is 590 Å². The Hall–Kier alpha value is -11.9. The predicted molar refractivity (Wildman–Crippen MR) is 365 cm³/mol. The van der Waals surface area contributed by atoms with Crippen molar-refractivity contribution in [2.45, 2.75) is 27.7 Å². The summed E-state index contributed by atoms with van der Waals surface area (Å²) in [5.41, 5.74) is 0.357. The van der Waals surface area contributed by atoms with Gasteiger partial charge in [-0.05, 0) is 119 Å². The molecular formula is C74H70Fe2N10O12. The molecule has 24 heteroatoms. The van der Waals surface area contributed by atoms with Crippen LogP contribution < -0.4 is 20.4 Å². The maximum absolute atomic E-state index is 11.8. The molecule has 98 heavy (non-hydrogen) atoms. The van der Waals surface area contributed by atoms with Crippen LogP contribution in [0.15, 0.2) is 322 Å². The van der Waals surface area contributed by atoms with Crippen molar-refractivity contribution < 1.29 is 92.7 Å². The molecule has 6 aromatic heterocycles. The second-order valence-corrected chi connectivity index (χ2v) is 18.4. The Balaban J connectivity index is 0.000000639. The fourth-order valence-corrected chi connectivity index (χ4v) is 6.85. The van der Waals surface area contributed by atoms with Crippen LogP contribution in [0.5, 0.6) is 0 Å². The maximum Gasteiger partial charge on any atom is 2.00 e. The van der Waals surface area contributed by atoms with E-state index in [9.17, 15) is 39.6 Å². The summed E-state index contributed by atoms with van der Waals surface area (Å²) >= 11 is 0. The van der Waals surface area contributed by atoms with Gasteiger partial charge in [-0.15, -0.1) is 23.0 Å². The van der Waals surface area contributed by atoms with Crippen LogP contribution in [0, 0.1) is 0 Å². The monoisotopic (exact) mass is 1400 g/mol. The molecule has 0 N–H and O–H groups in total. The molecule has 0 unspecified atom stereocenters. The van der Waals surface area contributed by atoms with Gasteiger partial charge in [0.1, 0.15) is 0 Å². The molecule has 0 amide bonds. The molecule has 0 atom stereocenters. The van der Waals surface area contributed by atoms with E-state index in [4.69, 9.17) is 0 Å². The van der Waals surface area contributed by atoms with E-state index < -0.39 is 46.9 Å².